The Hall–Kier alpha value is -5.44. The lowest BCUT2D eigenvalue weighted by Gasteiger charge is -2.35. The Morgan fingerprint density at radius 1 is 1.00 bits per heavy atom. The second-order valence-corrected chi connectivity index (χ2v) is 15.0. The van der Waals surface area contributed by atoms with Crippen LogP contribution >= 0.6 is 0 Å². The number of fused-ring (bicyclic) bond motifs is 1. The number of nitrogens with zero attached hydrogens (tertiary/aromatic N) is 6. The predicted molar refractivity (Wildman–Crippen MR) is 197 cm³/mol. The van der Waals surface area contributed by atoms with E-state index in [1.165, 1.54) is 35.2 Å². The van der Waals surface area contributed by atoms with E-state index in [1.54, 1.807) is 18.7 Å². The molecule has 0 aliphatic carbocycles. The maximum Gasteiger partial charge on any atom is 0.410 e. The van der Waals surface area contributed by atoms with Gasteiger partial charge in [-0.2, -0.15) is 0 Å². The first-order valence-corrected chi connectivity index (χ1v) is 18.1. The van der Waals surface area contributed by atoms with Crippen molar-refractivity contribution < 1.29 is 27.8 Å². The summed E-state index contributed by atoms with van der Waals surface area (Å²) in [5, 5.41) is 2.53. The Kier molecular flexibility index (Phi) is 11.3. The van der Waals surface area contributed by atoms with E-state index >= 15 is 4.39 Å². The smallest absolute Gasteiger partial charge is 0.410 e. The molecule has 6 rings (SSSR count). The molecule has 0 spiro atoms. The van der Waals surface area contributed by atoms with Crippen LogP contribution in [0, 0.1) is 17.6 Å². The number of nitrogens with one attached hydrogen (secondary N) is 1. The van der Waals surface area contributed by atoms with Gasteiger partial charge in [0.15, 0.2) is 11.6 Å². The molecule has 0 unspecified atom stereocenters. The summed E-state index contributed by atoms with van der Waals surface area (Å²) in [7, 11) is 0. The van der Waals surface area contributed by atoms with E-state index in [-0.39, 0.29) is 34.7 Å². The van der Waals surface area contributed by atoms with Crippen molar-refractivity contribution in [2.45, 2.75) is 78.5 Å². The largest absolute Gasteiger partial charge is 0.444 e. The molecular weight excluding hydrogens is 700 g/mol. The topological polar surface area (TPSA) is 141 Å². The Morgan fingerprint density at radius 2 is 1.72 bits per heavy atom. The predicted octanol–water partition coefficient (Wildman–Crippen LogP) is 6.09. The summed E-state index contributed by atoms with van der Waals surface area (Å²) in [4.78, 5) is 65.2. The number of carbonyl (C=O) groups is 2. The second-order valence-electron chi connectivity index (χ2n) is 15.0. The molecule has 0 atom stereocenters. The van der Waals surface area contributed by atoms with Crippen LogP contribution in [0.2, 0.25) is 0 Å². The molecule has 2 aromatic heterocycles. The number of hydrogen-bond donors (Lipinski definition) is 1. The van der Waals surface area contributed by atoms with Gasteiger partial charge in [0, 0.05) is 55.7 Å². The first-order chi connectivity index (χ1) is 25.7. The Labute approximate surface area is 311 Å². The zero-order valence-corrected chi connectivity index (χ0v) is 31.1. The fourth-order valence-corrected chi connectivity index (χ4v) is 6.63. The summed E-state index contributed by atoms with van der Waals surface area (Å²) in [5.74, 6) is -1.53. The van der Waals surface area contributed by atoms with Crippen LogP contribution in [-0.4, -0.2) is 72.7 Å². The maximum atomic E-state index is 15.4. The number of benzene rings is 2. The molecule has 15 heteroatoms. The number of carbonyl (C=O) groups excluding carboxylic acids is 2. The van der Waals surface area contributed by atoms with Gasteiger partial charge in [0.25, 0.3) is 11.5 Å². The number of likely N-dealkylation sites (tertiary alicyclic amines) is 1. The molecular formula is C39H45F2N7O6. The van der Waals surface area contributed by atoms with Gasteiger partial charge in [-0.15, -0.1) is 0 Å². The summed E-state index contributed by atoms with van der Waals surface area (Å²) >= 11 is 0. The lowest BCUT2D eigenvalue weighted by molar-refractivity contribution is 0.0177. The van der Waals surface area contributed by atoms with E-state index in [2.05, 4.69) is 20.2 Å². The van der Waals surface area contributed by atoms with Crippen LogP contribution in [0.15, 0.2) is 64.6 Å². The fraction of sp³-hybridized carbons (Fsp3) is 0.436. The van der Waals surface area contributed by atoms with E-state index in [4.69, 9.17) is 9.47 Å². The third-order valence-electron chi connectivity index (χ3n) is 9.56. The van der Waals surface area contributed by atoms with E-state index in [0.717, 1.165) is 72.6 Å². The van der Waals surface area contributed by atoms with Gasteiger partial charge in [-0.1, -0.05) is 0 Å². The molecule has 1 fully saturated rings. The molecule has 2 amide bonds. The van der Waals surface area contributed by atoms with Gasteiger partial charge in [-0.05, 0) is 109 Å². The summed E-state index contributed by atoms with van der Waals surface area (Å²) in [6.45, 7) is 12.7. The molecule has 0 radical (unpaired) electrons. The van der Waals surface area contributed by atoms with Crippen molar-refractivity contribution in [2.24, 2.45) is 5.92 Å². The number of hydrogen-bond acceptors (Lipinski definition) is 9. The van der Waals surface area contributed by atoms with Crippen LogP contribution in [0.3, 0.4) is 0 Å². The maximum absolute atomic E-state index is 15.4. The molecule has 4 aromatic rings. The number of anilines is 1. The molecule has 286 valence electrons. The highest BCUT2D eigenvalue weighted by Crippen LogP contribution is 2.32. The molecule has 1 saturated heterocycles. The first-order valence-electron chi connectivity index (χ1n) is 18.1. The van der Waals surface area contributed by atoms with Gasteiger partial charge in [0.1, 0.15) is 23.3 Å². The quantitative estimate of drug-likeness (QED) is 0.216. The van der Waals surface area contributed by atoms with Gasteiger partial charge in [-0.3, -0.25) is 19.1 Å². The molecule has 2 aliphatic heterocycles. The Bertz CT molecular complexity index is 2140. The standard InChI is InChI=1S/C39H45F2N7O6/c1-24(2)47-21-30(36(50)48(37(47)51)28-9-6-26(40)7-10-28)34(49)44-27-8-11-33(31(41)20-27)53-35-29-15-17-45(22-32(29)42-23-43-35)16-12-25-13-18-46(19-14-25)38(52)54-39(3,4)5/h6-11,20-21,23-25H,12-19,22H2,1-5H3,(H,44,49). The summed E-state index contributed by atoms with van der Waals surface area (Å²) < 4.78 is 42.5. The minimum Gasteiger partial charge on any atom is -0.444 e. The molecule has 54 heavy (non-hydrogen) atoms. The molecule has 0 saturated carbocycles. The highest BCUT2D eigenvalue weighted by atomic mass is 19.1. The minimum atomic E-state index is -0.908. The van der Waals surface area contributed by atoms with Crippen molar-refractivity contribution in [1.82, 2.24) is 28.9 Å². The summed E-state index contributed by atoms with van der Waals surface area (Å²) in [5.41, 5.74) is -0.722. The Balaban J connectivity index is 1.08. The minimum absolute atomic E-state index is 0.0516. The van der Waals surface area contributed by atoms with E-state index in [0.29, 0.717) is 32.0 Å². The third-order valence-corrected chi connectivity index (χ3v) is 9.56. The van der Waals surface area contributed by atoms with Crippen molar-refractivity contribution in [3.05, 3.63) is 104 Å². The van der Waals surface area contributed by atoms with Crippen molar-refractivity contribution in [3.8, 4) is 17.3 Å². The summed E-state index contributed by atoms with van der Waals surface area (Å²) in [6.07, 6.45) is 5.79. The normalized spacial score (nSPS) is 15.2. The van der Waals surface area contributed by atoms with Crippen LogP contribution in [0.25, 0.3) is 5.69 Å². The average Bonchev–Trinajstić information content (AvgIpc) is 3.12. The van der Waals surface area contributed by atoms with Crippen molar-refractivity contribution in [1.29, 1.82) is 0 Å². The SMILES string of the molecule is CC(C)n1cc(C(=O)Nc2ccc(Oc3ncnc4c3CCN(CCC3CCN(C(=O)OC(C)(C)C)CC3)C4)c(F)c2)c(=O)n(-c2ccc(F)cc2)c1=O. The van der Waals surface area contributed by atoms with Crippen molar-refractivity contribution in [2.75, 3.05) is 31.5 Å². The van der Waals surface area contributed by atoms with Crippen molar-refractivity contribution >= 4 is 17.7 Å². The van der Waals surface area contributed by atoms with E-state index in [9.17, 15) is 23.6 Å². The van der Waals surface area contributed by atoms with Crippen LogP contribution in [0.4, 0.5) is 19.3 Å². The van der Waals surface area contributed by atoms with Crippen LogP contribution in [-0.2, 0) is 17.7 Å². The molecule has 2 aromatic carbocycles. The van der Waals surface area contributed by atoms with E-state index < -0.39 is 40.4 Å². The molecule has 2 aliphatic rings. The summed E-state index contributed by atoms with van der Waals surface area (Å²) in [6, 6.07) is 8.19. The van der Waals surface area contributed by atoms with Gasteiger partial charge >= 0.3 is 11.8 Å². The second kappa shape index (κ2) is 15.9. The van der Waals surface area contributed by atoms with Gasteiger partial charge in [0.2, 0.25) is 5.88 Å². The average molecular weight is 746 g/mol. The number of amides is 2. The number of halogens is 2. The Morgan fingerprint density at radius 3 is 2.39 bits per heavy atom. The zero-order chi connectivity index (χ0) is 38.7. The highest BCUT2D eigenvalue weighted by Gasteiger charge is 2.28. The highest BCUT2D eigenvalue weighted by molar-refractivity contribution is 6.03. The molecule has 13 nitrogen and oxygen atoms in total. The molecule has 1 N–H and O–H groups in total. The van der Waals surface area contributed by atoms with Gasteiger partial charge in [0.05, 0.1) is 11.4 Å². The molecule has 0 bridgehead atoms. The monoisotopic (exact) mass is 745 g/mol. The van der Waals surface area contributed by atoms with Crippen LogP contribution < -0.4 is 21.3 Å². The number of rotatable bonds is 9. The number of piperidine rings is 1. The van der Waals surface area contributed by atoms with Gasteiger partial charge in [-0.25, -0.2) is 32.9 Å². The molecule has 4 heterocycles. The van der Waals surface area contributed by atoms with E-state index in [1.807, 2.05) is 20.8 Å². The zero-order valence-electron chi connectivity index (χ0n) is 31.1. The van der Waals surface area contributed by atoms with Crippen LogP contribution in [0.5, 0.6) is 11.6 Å². The first kappa shape index (κ1) is 38.3. The number of ether oxygens (including phenoxy) is 2. The fourth-order valence-electron chi connectivity index (χ4n) is 6.63. The lowest BCUT2D eigenvalue weighted by Crippen LogP contribution is -2.42. The lowest BCUT2D eigenvalue weighted by atomic mass is 9.93. The van der Waals surface area contributed by atoms with Crippen molar-refractivity contribution in [3.63, 3.8) is 0 Å². The van der Waals surface area contributed by atoms with Crippen LogP contribution in [0.1, 0.15) is 81.5 Å². The third kappa shape index (κ3) is 8.84. The number of aromatic nitrogens is 4. The van der Waals surface area contributed by atoms with Gasteiger partial charge < -0.3 is 19.7 Å².